The molecule has 0 aliphatic carbocycles. The third-order valence-corrected chi connectivity index (χ3v) is 4.59. The van der Waals surface area contributed by atoms with Crippen molar-refractivity contribution in [2.24, 2.45) is 0 Å². The van der Waals surface area contributed by atoms with Gasteiger partial charge in [-0.15, -0.1) is 0 Å². The number of nitrogens with two attached hydrogens (primary N) is 1. The maximum Gasteiger partial charge on any atom is 0.254 e. The molecular formula is C19H19N5O2. The smallest absolute Gasteiger partial charge is 0.254 e. The highest BCUT2D eigenvalue weighted by Crippen LogP contribution is 2.33. The molecule has 1 aliphatic heterocycles. The predicted octanol–water partition coefficient (Wildman–Crippen LogP) is 3.00. The van der Waals surface area contributed by atoms with Gasteiger partial charge in [0.25, 0.3) is 5.91 Å². The summed E-state index contributed by atoms with van der Waals surface area (Å²) in [4.78, 5) is 23.1. The molecule has 7 heteroatoms. The number of carbonyl (C=O) groups excluding carboxylic acids is 1. The number of amides is 1. The molecule has 26 heavy (non-hydrogen) atoms. The van der Waals surface area contributed by atoms with Gasteiger partial charge < -0.3 is 15.2 Å². The molecule has 0 spiro atoms. The van der Waals surface area contributed by atoms with E-state index in [9.17, 15) is 4.79 Å². The minimum absolute atomic E-state index is 0.0166. The van der Waals surface area contributed by atoms with E-state index in [-0.39, 0.29) is 11.9 Å². The van der Waals surface area contributed by atoms with E-state index in [1.807, 2.05) is 42.2 Å². The molecule has 0 saturated carbocycles. The topological polar surface area (TPSA) is 98.1 Å². The SMILES string of the molecule is Cc1cc([C@H]2CCCN2C(=O)c2cccc(-c3cc(N)ncn3)c2)no1. The first-order valence-electron chi connectivity index (χ1n) is 8.54. The third-order valence-electron chi connectivity index (χ3n) is 4.59. The van der Waals surface area contributed by atoms with Gasteiger partial charge in [-0.25, -0.2) is 9.97 Å². The van der Waals surface area contributed by atoms with Gasteiger partial charge in [0.15, 0.2) is 0 Å². The first kappa shape index (κ1) is 16.3. The van der Waals surface area contributed by atoms with Crippen LogP contribution in [0.2, 0.25) is 0 Å². The zero-order valence-corrected chi connectivity index (χ0v) is 14.4. The monoisotopic (exact) mass is 349 g/mol. The molecule has 7 nitrogen and oxygen atoms in total. The molecular weight excluding hydrogens is 330 g/mol. The molecule has 1 fully saturated rings. The summed E-state index contributed by atoms with van der Waals surface area (Å²) in [6.07, 6.45) is 3.26. The van der Waals surface area contributed by atoms with Crippen LogP contribution >= 0.6 is 0 Å². The highest BCUT2D eigenvalue weighted by Gasteiger charge is 2.32. The number of hydrogen-bond acceptors (Lipinski definition) is 6. The maximum absolute atomic E-state index is 13.1. The molecule has 0 unspecified atom stereocenters. The maximum atomic E-state index is 13.1. The zero-order valence-electron chi connectivity index (χ0n) is 14.4. The van der Waals surface area contributed by atoms with Gasteiger partial charge >= 0.3 is 0 Å². The number of benzene rings is 1. The Labute approximate surface area is 150 Å². The lowest BCUT2D eigenvalue weighted by Crippen LogP contribution is -2.30. The molecule has 3 heterocycles. The van der Waals surface area contributed by atoms with Crippen LogP contribution in [0.4, 0.5) is 5.82 Å². The van der Waals surface area contributed by atoms with E-state index in [0.29, 0.717) is 23.6 Å². The summed E-state index contributed by atoms with van der Waals surface area (Å²) in [5.41, 5.74) is 8.69. The minimum atomic E-state index is -0.0432. The number of nitrogens with zero attached hydrogens (tertiary/aromatic N) is 4. The summed E-state index contributed by atoms with van der Waals surface area (Å²) in [6, 6.07) is 11.0. The summed E-state index contributed by atoms with van der Waals surface area (Å²) in [7, 11) is 0. The van der Waals surface area contributed by atoms with Crippen molar-refractivity contribution < 1.29 is 9.32 Å². The van der Waals surface area contributed by atoms with Crippen molar-refractivity contribution in [2.45, 2.75) is 25.8 Å². The van der Waals surface area contributed by atoms with Crippen LogP contribution in [0.3, 0.4) is 0 Å². The Kier molecular flexibility index (Phi) is 4.12. The van der Waals surface area contributed by atoms with Gasteiger partial charge in [-0.05, 0) is 31.9 Å². The summed E-state index contributed by atoms with van der Waals surface area (Å²) in [6.45, 7) is 2.56. The number of carbonyl (C=O) groups is 1. The van der Waals surface area contributed by atoms with E-state index in [2.05, 4.69) is 15.1 Å². The zero-order chi connectivity index (χ0) is 18.1. The van der Waals surface area contributed by atoms with Crippen LogP contribution in [0, 0.1) is 6.92 Å². The highest BCUT2D eigenvalue weighted by atomic mass is 16.5. The molecule has 1 aliphatic rings. The van der Waals surface area contributed by atoms with Crippen molar-refractivity contribution >= 4 is 11.7 Å². The summed E-state index contributed by atoms with van der Waals surface area (Å²) in [5, 5.41) is 4.10. The second-order valence-electron chi connectivity index (χ2n) is 6.43. The highest BCUT2D eigenvalue weighted by molar-refractivity contribution is 5.95. The fraction of sp³-hybridized carbons (Fsp3) is 0.263. The molecule has 3 aromatic rings. The average molecular weight is 349 g/mol. The summed E-state index contributed by atoms with van der Waals surface area (Å²) < 4.78 is 5.18. The summed E-state index contributed by atoms with van der Waals surface area (Å²) in [5.74, 6) is 1.13. The Bertz CT molecular complexity index is 952. The standard InChI is InChI=1S/C19H19N5O2/c1-12-8-16(23-26-12)17-6-3-7-24(17)19(25)14-5-2-4-13(9-14)15-10-18(20)22-11-21-15/h2,4-5,8-11,17H,3,6-7H2,1H3,(H2,20,21,22)/t17-/m1/s1. The Hall–Kier alpha value is -3.22. The first-order valence-corrected chi connectivity index (χ1v) is 8.54. The van der Waals surface area contributed by atoms with Gasteiger partial charge in [0.2, 0.25) is 0 Å². The molecule has 1 amide bonds. The lowest BCUT2D eigenvalue weighted by Gasteiger charge is -2.23. The van der Waals surface area contributed by atoms with Crippen LogP contribution < -0.4 is 5.73 Å². The summed E-state index contributed by atoms with van der Waals surface area (Å²) >= 11 is 0. The number of likely N-dealkylation sites (tertiary alicyclic amines) is 1. The number of nitrogen functional groups attached to an aromatic ring is 1. The molecule has 132 valence electrons. The third kappa shape index (κ3) is 3.03. The normalized spacial score (nSPS) is 16.8. The van der Waals surface area contributed by atoms with Gasteiger partial charge in [0.05, 0.1) is 11.7 Å². The van der Waals surface area contributed by atoms with Gasteiger partial charge in [0.1, 0.15) is 23.6 Å². The Morgan fingerprint density at radius 1 is 1.27 bits per heavy atom. The largest absolute Gasteiger partial charge is 0.384 e. The molecule has 1 atom stereocenters. The van der Waals surface area contributed by atoms with Crippen molar-refractivity contribution in [1.29, 1.82) is 0 Å². The van der Waals surface area contributed by atoms with Crippen LogP contribution in [0.15, 0.2) is 47.2 Å². The van der Waals surface area contributed by atoms with Crippen LogP contribution in [0.25, 0.3) is 11.3 Å². The number of anilines is 1. The minimum Gasteiger partial charge on any atom is -0.384 e. The molecule has 4 rings (SSSR count). The first-order chi connectivity index (χ1) is 12.6. The van der Waals surface area contributed by atoms with Crippen molar-refractivity contribution in [2.75, 3.05) is 12.3 Å². The number of aryl methyl sites for hydroxylation is 1. The van der Waals surface area contributed by atoms with Crippen LogP contribution in [0.5, 0.6) is 0 Å². The lowest BCUT2D eigenvalue weighted by atomic mass is 10.1. The second-order valence-corrected chi connectivity index (χ2v) is 6.43. The fourth-order valence-corrected chi connectivity index (χ4v) is 3.37. The lowest BCUT2D eigenvalue weighted by molar-refractivity contribution is 0.0731. The van der Waals surface area contributed by atoms with E-state index in [1.54, 1.807) is 6.07 Å². The van der Waals surface area contributed by atoms with Crippen molar-refractivity contribution in [3.63, 3.8) is 0 Å². The van der Waals surface area contributed by atoms with Crippen molar-refractivity contribution in [3.05, 3.63) is 59.7 Å². The Balaban J connectivity index is 1.63. The molecule has 1 saturated heterocycles. The van der Waals surface area contributed by atoms with Gasteiger partial charge in [0, 0.05) is 29.8 Å². The average Bonchev–Trinajstić information content (AvgIpc) is 3.30. The molecule has 1 aromatic carbocycles. The second kappa shape index (κ2) is 6.59. The van der Waals surface area contributed by atoms with Crippen LogP contribution in [-0.4, -0.2) is 32.5 Å². The van der Waals surface area contributed by atoms with Crippen LogP contribution in [0.1, 0.15) is 40.7 Å². The van der Waals surface area contributed by atoms with E-state index in [4.69, 9.17) is 10.3 Å². The van der Waals surface area contributed by atoms with Gasteiger partial charge in [-0.2, -0.15) is 0 Å². The number of hydrogen-bond donors (Lipinski definition) is 1. The van der Waals surface area contributed by atoms with E-state index in [0.717, 1.165) is 29.9 Å². The molecule has 2 aromatic heterocycles. The van der Waals surface area contributed by atoms with Crippen LogP contribution in [-0.2, 0) is 0 Å². The van der Waals surface area contributed by atoms with Gasteiger partial charge in [-0.3, -0.25) is 4.79 Å². The predicted molar refractivity (Wildman–Crippen MR) is 96.1 cm³/mol. The van der Waals surface area contributed by atoms with Gasteiger partial charge in [-0.1, -0.05) is 17.3 Å². The fourth-order valence-electron chi connectivity index (χ4n) is 3.37. The molecule has 2 N–H and O–H groups in total. The molecule has 0 radical (unpaired) electrons. The van der Waals surface area contributed by atoms with E-state index >= 15 is 0 Å². The number of aromatic nitrogens is 3. The van der Waals surface area contributed by atoms with Crippen molar-refractivity contribution in [1.82, 2.24) is 20.0 Å². The van der Waals surface area contributed by atoms with E-state index in [1.165, 1.54) is 6.33 Å². The van der Waals surface area contributed by atoms with E-state index < -0.39 is 0 Å². The Morgan fingerprint density at radius 3 is 2.92 bits per heavy atom. The van der Waals surface area contributed by atoms with Crippen molar-refractivity contribution in [3.8, 4) is 11.3 Å². The Morgan fingerprint density at radius 2 is 2.15 bits per heavy atom. The number of rotatable bonds is 3. The molecule has 0 bridgehead atoms. The quantitative estimate of drug-likeness (QED) is 0.780.